The van der Waals surface area contributed by atoms with Crippen LogP contribution in [-0.2, 0) is 0 Å². The van der Waals surface area contributed by atoms with Gasteiger partial charge in [-0.25, -0.2) is 0 Å². The fourth-order valence-corrected chi connectivity index (χ4v) is 3.98. The van der Waals surface area contributed by atoms with Crippen LogP contribution in [0.4, 0.5) is 0 Å². The third-order valence-corrected chi connectivity index (χ3v) is 4.54. The van der Waals surface area contributed by atoms with Crippen molar-refractivity contribution in [1.29, 1.82) is 0 Å². The van der Waals surface area contributed by atoms with Gasteiger partial charge in [0.25, 0.3) is 0 Å². The molecule has 94 valence electrons. The van der Waals surface area contributed by atoms with Crippen LogP contribution in [0, 0.1) is 11.8 Å². The smallest absolute Gasteiger partial charge is 0.0167 e. The van der Waals surface area contributed by atoms with Crippen LogP contribution in [0.2, 0.25) is 0 Å². The molecule has 1 aromatic rings. The SMILES string of the molecule is CCNC1C2CCC(C2)C1c1ccccc1.Cl. The number of fused-ring (bicyclic) bond motifs is 2. The maximum Gasteiger partial charge on any atom is 0.0167 e. The largest absolute Gasteiger partial charge is 0.313 e. The van der Waals surface area contributed by atoms with Gasteiger partial charge in [0.15, 0.2) is 0 Å². The summed E-state index contributed by atoms with van der Waals surface area (Å²) >= 11 is 0. The fraction of sp³-hybridized carbons (Fsp3) is 0.600. The first-order chi connectivity index (χ1) is 7.90. The molecule has 4 atom stereocenters. The number of hydrogen-bond donors (Lipinski definition) is 1. The van der Waals surface area contributed by atoms with Crippen molar-refractivity contribution in [1.82, 2.24) is 5.32 Å². The van der Waals surface area contributed by atoms with Crippen molar-refractivity contribution < 1.29 is 0 Å². The Morgan fingerprint density at radius 2 is 1.82 bits per heavy atom. The van der Waals surface area contributed by atoms with E-state index in [2.05, 4.69) is 42.6 Å². The third-order valence-electron chi connectivity index (χ3n) is 4.54. The molecule has 0 heterocycles. The molecule has 3 rings (SSSR count). The van der Waals surface area contributed by atoms with E-state index in [4.69, 9.17) is 0 Å². The maximum absolute atomic E-state index is 3.72. The van der Waals surface area contributed by atoms with Crippen molar-refractivity contribution >= 4 is 12.4 Å². The monoisotopic (exact) mass is 251 g/mol. The molecule has 0 amide bonds. The summed E-state index contributed by atoms with van der Waals surface area (Å²) in [5.41, 5.74) is 1.56. The quantitative estimate of drug-likeness (QED) is 0.866. The Balaban J connectivity index is 0.00000108. The van der Waals surface area contributed by atoms with E-state index >= 15 is 0 Å². The topological polar surface area (TPSA) is 12.0 Å². The minimum absolute atomic E-state index is 0. The average molecular weight is 252 g/mol. The van der Waals surface area contributed by atoms with Crippen molar-refractivity contribution in [2.75, 3.05) is 6.54 Å². The molecule has 2 bridgehead atoms. The Morgan fingerprint density at radius 1 is 1.12 bits per heavy atom. The zero-order valence-corrected chi connectivity index (χ0v) is 11.2. The molecule has 1 N–H and O–H groups in total. The second kappa shape index (κ2) is 5.41. The standard InChI is InChI=1S/C15H21N.ClH/c1-2-16-15-13-9-8-12(10-13)14(15)11-6-4-3-5-7-11;/h3-7,12-16H,2,8-10H2,1H3;1H. The van der Waals surface area contributed by atoms with Gasteiger partial charge >= 0.3 is 0 Å². The highest BCUT2D eigenvalue weighted by Gasteiger charge is 2.47. The van der Waals surface area contributed by atoms with Gasteiger partial charge in [0.05, 0.1) is 0 Å². The fourth-order valence-electron chi connectivity index (χ4n) is 3.98. The van der Waals surface area contributed by atoms with Crippen LogP contribution in [0.1, 0.15) is 37.7 Å². The van der Waals surface area contributed by atoms with E-state index < -0.39 is 0 Å². The van der Waals surface area contributed by atoms with E-state index in [1.54, 1.807) is 5.56 Å². The van der Waals surface area contributed by atoms with Crippen LogP contribution in [0.5, 0.6) is 0 Å². The van der Waals surface area contributed by atoms with Gasteiger partial charge in [0.1, 0.15) is 0 Å². The summed E-state index contributed by atoms with van der Waals surface area (Å²) < 4.78 is 0. The highest BCUT2D eigenvalue weighted by molar-refractivity contribution is 5.85. The number of benzene rings is 1. The predicted molar refractivity (Wildman–Crippen MR) is 74.7 cm³/mol. The Hall–Kier alpha value is -0.530. The van der Waals surface area contributed by atoms with Crippen LogP contribution in [0.15, 0.2) is 30.3 Å². The van der Waals surface area contributed by atoms with Gasteiger partial charge in [-0.2, -0.15) is 0 Å². The maximum atomic E-state index is 3.72. The van der Waals surface area contributed by atoms with Crippen molar-refractivity contribution in [2.45, 2.75) is 38.1 Å². The molecule has 17 heavy (non-hydrogen) atoms. The van der Waals surface area contributed by atoms with Crippen molar-refractivity contribution in [2.24, 2.45) is 11.8 Å². The van der Waals surface area contributed by atoms with E-state index in [1.165, 1.54) is 19.3 Å². The number of hydrogen-bond acceptors (Lipinski definition) is 1. The molecule has 2 saturated carbocycles. The van der Waals surface area contributed by atoms with Crippen LogP contribution in [-0.4, -0.2) is 12.6 Å². The number of rotatable bonds is 3. The molecule has 0 saturated heterocycles. The Morgan fingerprint density at radius 3 is 2.53 bits per heavy atom. The molecule has 1 aromatic carbocycles. The lowest BCUT2D eigenvalue weighted by molar-refractivity contribution is 0.315. The lowest BCUT2D eigenvalue weighted by Gasteiger charge is -2.32. The first-order valence-electron chi connectivity index (χ1n) is 6.68. The highest BCUT2D eigenvalue weighted by Crippen LogP contribution is 2.52. The van der Waals surface area contributed by atoms with Crippen LogP contribution >= 0.6 is 12.4 Å². The Bertz CT molecular complexity index is 351. The number of nitrogens with one attached hydrogen (secondary N) is 1. The molecule has 2 fully saturated rings. The Kier molecular flexibility index (Phi) is 4.11. The zero-order chi connectivity index (χ0) is 11.0. The minimum Gasteiger partial charge on any atom is -0.313 e. The summed E-state index contributed by atoms with van der Waals surface area (Å²) in [4.78, 5) is 0. The van der Waals surface area contributed by atoms with E-state index in [0.29, 0.717) is 0 Å². The zero-order valence-electron chi connectivity index (χ0n) is 10.4. The predicted octanol–water partition coefficient (Wildman–Crippen LogP) is 3.60. The molecule has 1 nitrogen and oxygen atoms in total. The van der Waals surface area contributed by atoms with Gasteiger partial charge in [-0.3, -0.25) is 0 Å². The summed E-state index contributed by atoms with van der Waals surface area (Å²) in [5, 5.41) is 3.72. The second-order valence-corrected chi connectivity index (χ2v) is 5.35. The summed E-state index contributed by atoms with van der Waals surface area (Å²) in [6.45, 7) is 3.34. The first kappa shape index (κ1) is 12.9. The summed E-state index contributed by atoms with van der Waals surface area (Å²) in [6.07, 6.45) is 4.36. The van der Waals surface area contributed by atoms with Gasteiger partial charge in [0.2, 0.25) is 0 Å². The molecule has 2 heteroatoms. The van der Waals surface area contributed by atoms with Crippen LogP contribution in [0.25, 0.3) is 0 Å². The summed E-state index contributed by atoms with van der Waals surface area (Å²) in [5.74, 6) is 2.66. The van der Waals surface area contributed by atoms with Gasteiger partial charge in [0, 0.05) is 12.0 Å². The minimum atomic E-state index is 0. The lowest BCUT2D eigenvalue weighted by Crippen LogP contribution is -2.39. The Labute approximate surface area is 110 Å². The number of likely N-dealkylation sites (N-methyl/N-ethyl adjacent to an activating group) is 1. The van der Waals surface area contributed by atoms with E-state index in [9.17, 15) is 0 Å². The average Bonchev–Trinajstić information content (AvgIpc) is 2.91. The van der Waals surface area contributed by atoms with Gasteiger partial charge < -0.3 is 5.32 Å². The van der Waals surface area contributed by atoms with E-state index in [-0.39, 0.29) is 12.4 Å². The number of halogens is 1. The first-order valence-corrected chi connectivity index (χ1v) is 6.68. The molecule has 4 unspecified atom stereocenters. The molecule has 0 aromatic heterocycles. The van der Waals surface area contributed by atoms with E-state index in [0.717, 1.165) is 30.3 Å². The van der Waals surface area contributed by atoms with Crippen molar-refractivity contribution in [3.63, 3.8) is 0 Å². The molecule has 2 aliphatic rings. The molecule has 0 spiro atoms. The van der Waals surface area contributed by atoms with Gasteiger partial charge in [-0.1, -0.05) is 37.3 Å². The molecule has 2 aliphatic carbocycles. The molecule has 0 aliphatic heterocycles. The third kappa shape index (κ3) is 2.23. The highest BCUT2D eigenvalue weighted by atomic mass is 35.5. The van der Waals surface area contributed by atoms with E-state index in [1.807, 2.05) is 0 Å². The summed E-state index contributed by atoms with van der Waals surface area (Å²) in [7, 11) is 0. The summed E-state index contributed by atoms with van der Waals surface area (Å²) in [6, 6.07) is 11.9. The second-order valence-electron chi connectivity index (χ2n) is 5.35. The molecule has 0 radical (unpaired) electrons. The van der Waals surface area contributed by atoms with Gasteiger partial charge in [-0.15, -0.1) is 12.4 Å². The van der Waals surface area contributed by atoms with Crippen molar-refractivity contribution in [3.05, 3.63) is 35.9 Å². The normalized spacial score (nSPS) is 34.6. The lowest BCUT2D eigenvalue weighted by atomic mass is 9.80. The molecular weight excluding hydrogens is 230 g/mol. The van der Waals surface area contributed by atoms with Crippen LogP contribution < -0.4 is 5.32 Å². The molecular formula is C15H22ClN. The van der Waals surface area contributed by atoms with Crippen molar-refractivity contribution in [3.8, 4) is 0 Å². The van der Waals surface area contributed by atoms with Gasteiger partial charge in [-0.05, 0) is 43.2 Å². The van der Waals surface area contributed by atoms with Crippen LogP contribution in [0.3, 0.4) is 0 Å².